The summed E-state index contributed by atoms with van der Waals surface area (Å²) in [5.41, 5.74) is 0.624. The average Bonchev–Trinajstić information content (AvgIpc) is 2.39. The van der Waals surface area contributed by atoms with Gasteiger partial charge in [-0.3, -0.25) is 0 Å². The molecule has 1 rings (SSSR count). The van der Waals surface area contributed by atoms with E-state index < -0.39 is 0 Å². The lowest BCUT2D eigenvalue weighted by molar-refractivity contribution is 0.145. The molecule has 0 saturated carbocycles. The number of methoxy groups -OCH3 is 1. The summed E-state index contributed by atoms with van der Waals surface area (Å²) in [5, 5.41) is 5.51. The first-order valence-corrected chi connectivity index (χ1v) is 6.92. The number of rotatable bonds is 7. The van der Waals surface area contributed by atoms with Crippen molar-refractivity contribution in [3.05, 3.63) is 22.7 Å². The minimum atomic E-state index is -0.257. The highest BCUT2D eigenvalue weighted by Gasteiger charge is 2.07. The van der Waals surface area contributed by atoms with Crippen LogP contribution in [0.2, 0.25) is 0 Å². The van der Waals surface area contributed by atoms with Crippen LogP contribution in [0.4, 0.5) is 10.5 Å². The lowest BCUT2D eigenvalue weighted by atomic mass is 10.3. The number of carbonyl (C=O) groups is 1. The fraction of sp³-hybridized carbons (Fsp3) is 0.462. The molecule has 19 heavy (non-hydrogen) atoms. The second-order valence-electron chi connectivity index (χ2n) is 3.78. The summed E-state index contributed by atoms with van der Waals surface area (Å²) in [4.78, 5) is 11.7. The van der Waals surface area contributed by atoms with Gasteiger partial charge in [0.05, 0.1) is 12.8 Å². The standard InChI is InChI=1S/C13H19BrN2O3/c1-3-19-8-4-7-15-13(17)16-11-9-10(14)5-6-12(11)18-2/h5-6,9H,3-4,7-8H2,1-2H3,(H2,15,16,17). The molecule has 106 valence electrons. The second-order valence-corrected chi connectivity index (χ2v) is 4.69. The molecule has 0 unspecified atom stereocenters. The molecule has 0 fully saturated rings. The molecule has 0 spiro atoms. The van der Waals surface area contributed by atoms with Crippen LogP contribution in [0.15, 0.2) is 22.7 Å². The highest BCUT2D eigenvalue weighted by molar-refractivity contribution is 9.10. The van der Waals surface area contributed by atoms with Crippen molar-refractivity contribution in [2.45, 2.75) is 13.3 Å². The van der Waals surface area contributed by atoms with Crippen molar-refractivity contribution < 1.29 is 14.3 Å². The van der Waals surface area contributed by atoms with E-state index in [-0.39, 0.29) is 6.03 Å². The number of halogens is 1. The first-order chi connectivity index (χ1) is 9.17. The van der Waals surface area contributed by atoms with Crippen molar-refractivity contribution in [2.75, 3.05) is 32.2 Å². The summed E-state index contributed by atoms with van der Waals surface area (Å²) in [7, 11) is 1.56. The van der Waals surface area contributed by atoms with Crippen molar-refractivity contribution in [3.63, 3.8) is 0 Å². The Morgan fingerprint density at radius 1 is 1.42 bits per heavy atom. The van der Waals surface area contributed by atoms with Crippen LogP contribution in [0.25, 0.3) is 0 Å². The summed E-state index contributed by atoms with van der Waals surface area (Å²) in [5.74, 6) is 0.618. The maximum absolute atomic E-state index is 11.7. The van der Waals surface area contributed by atoms with E-state index in [1.54, 1.807) is 19.2 Å². The van der Waals surface area contributed by atoms with Crippen molar-refractivity contribution in [3.8, 4) is 5.75 Å². The largest absolute Gasteiger partial charge is 0.495 e. The molecule has 0 aliphatic rings. The third-order valence-electron chi connectivity index (χ3n) is 2.36. The third-order valence-corrected chi connectivity index (χ3v) is 2.86. The predicted octanol–water partition coefficient (Wildman–Crippen LogP) is 3.01. The molecule has 1 aromatic carbocycles. The van der Waals surface area contributed by atoms with E-state index in [4.69, 9.17) is 9.47 Å². The number of nitrogens with one attached hydrogen (secondary N) is 2. The number of urea groups is 1. The Labute approximate surface area is 121 Å². The maximum Gasteiger partial charge on any atom is 0.319 e. The van der Waals surface area contributed by atoms with Crippen molar-refractivity contribution in [1.82, 2.24) is 5.32 Å². The predicted molar refractivity (Wildman–Crippen MR) is 78.8 cm³/mol. The molecular weight excluding hydrogens is 312 g/mol. The van der Waals surface area contributed by atoms with Gasteiger partial charge in [0.2, 0.25) is 0 Å². The van der Waals surface area contributed by atoms with Crippen LogP contribution < -0.4 is 15.4 Å². The second kappa shape index (κ2) is 8.77. The molecule has 1 aromatic rings. The molecule has 6 heteroatoms. The summed E-state index contributed by atoms with van der Waals surface area (Å²) in [6, 6.07) is 5.17. The van der Waals surface area contributed by atoms with Gasteiger partial charge in [-0.25, -0.2) is 4.79 Å². The van der Waals surface area contributed by atoms with Gasteiger partial charge in [0.1, 0.15) is 5.75 Å². The Kier molecular flexibility index (Phi) is 7.28. The molecular formula is C13H19BrN2O3. The zero-order valence-electron chi connectivity index (χ0n) is 11.2. The van der Waals surface area contributed by atoms with Crippen molar-refractivity contribution in [1.29, 1.82) is 0 Å². The number of ether oxygens (including phenoxy) is 2. The Hall–Kier alpha value is -1.27. The molecule has 0 heterocycles. The van der Waals surface area contributed by atoms with Gasteiger partial charge < -0.3 is 20.1 Å². The number of amides is 2. The Balaban J connectivity index is 2.41. The van der Waals surface area contributed by atoms with Crippen LogP contribution >= 0.6 is 15.9 Å². The van der Waals surface area contributed by atoms with Crippen LogP contribution in [-0.2, 0) is 4.74 Å². The minimum Gasteiger partial charge on any atom is -0.495 e. The average molecular weight is 331 g/mol. The summed E-state index contributed by atoms with van der Waals surface area (Å²) < 4.78 is 11.2. The molecule has 5 nitrogen and oxygen atoms in total. The van der Waals surface area contributed by atoms with Crippen LogP contribution in [-0.4, -0.2) is 32.9 Å². The van der Waals surface area contributed by atoms with E-state index in [1.807, 2.05) is 13.0 Å². The smallest absolute Gasteiger partial charge is 0.319 e. The molecule has 0 aliphatic carbocycles. The van der Waals surface area contributed by atoms with Crippen LogP contribution in [0.1, 0.15) is 13.3 Å². The number of anilines is 1. The van der Waals surface area contributed by atoms with E-state index >= 15 is 0 Å². The van der Waals surface area contributed by atoms with Gasteiger partial charge in [-0.05, 0) is 31.5 Å². The normalized spacial score (nSPS) is 10.1. The Bertz CT molecular complexity index is 413. The molecule has 2 amide bonds. The number of carbonyl (C=O) groups excluding carboxylic acids is 1. The highest BCUT2D eigenvalue weighted by atomic mass is 79.9. The van der Waals surface area contributed by atoms with Gasteiger partial charge in [0.15, 0.2) is 0 Å². The third kappa shape index (κ3) is 5.94. The zero-order valence-corrected chi connectivity index (χ0v) is 12.7. The lowest BCUT2D eigenvalue weighted by Crippen LogP contribution is -2.30. The Morgan fingerprint density at radius 3 is 2.89 bits per heavy atom. The van der Waals surface area contributed by atoms with Crippen LogP contribution in [0.5, 0.6) is 5.75 Å². The van der Waals surface area contributed by atoms with E-state index in [1.165, 1.54) is 0 Å². The van der Waals surface area contributed by atoms with Crippen molar-refractivity contribution >= 4 is 27.6 Å². The first kappa shape index (κ1) is 15.8. The molecule has 2 N–H and O–H groups in total. The molecule has 0 aromatic heterocycles. The van der Waals surface area contributed by atoms with Gasteiger partial charge in [-0.2, -0.15) is 0 Å². The number of hydrogen-bond acceptors (Lipinski definition) is 3. The van der Waals surface area contributed by atoms with E-state index in [0.717, 1.165) is 10.9 Å². The molecule has 0 atom stereocenters. The number of benzene rings is 1. The first-order valence-electron chi connectivity index (χ1n) is 6.13. The molecule has 0 radical (unpaired) electrons. The topological polar surface area (TPSA) is 59.6 Å². The van der Waals surface area contributed by atoms with Gasteiger partial charge in [0, 0.05) is 24.2 Å². The lowest BCUT2D eigenvalue weighted by Gasteiger charge is -2.11. The molecule has 0 aliphatic heterocycles. The fourth-order valence-electron chi connectivity index (χ4n) is 1.46. The van der Waals surface area contributed by atoms with E-state index in [2.05, 4.69) is 26.6 Å². The molecule has 0 bridgehead atoms. The van der Waals surface area contributed by atoms with Gasteiger partial charge in [0.25, 0.3) is 0 Å². The van der Waals surface area contributed by atoms with Gasteiger partial charge >= 0.3 is 6.03 Å². The quantitative estimate of drug-likeness (QED) is 0.755. The maximum atomic E-state index is 11.7. The molecule has 0 saturated heterocycles. The SMILES string of the molecule is CCOCCCNC(=O)Nc1cc(Br)ccc1OC. The fourth-order valence-corrected chi connectivity index (χ4v) is 1.83. The van der Waals surface area contributed by atoms with Crippen LogP contribution in [0, 0.1) is 0 Å². The number of hydrogen-bond donors (Lipinski definition) is 2. The van der Waals surface area contributed by atoms with Gasteiger partial charge in [-0.15, -0.1) is 0 Å². The summed E-state index contributed by atoms with van der Waals surface area (Å²) in [6.45, 7) is 3.86. The van der Waals surface area contributed by atoms with Crippen molar-refractivity contribution in [2.24, 2.45) is 0 Å². The summed E-state index contributed by atoms with van der Waals surface area (Å²) >= 11 is 3.35. The highest BCUT2D eigenvalue weighted by Crippen LogP contribution is 2.27. The van der Waals surface area contributed by atoms with Gasteiger partial charge in [-0.1, -0.05) is 15.9 Å². The zero-order chi connectivity index (χ0) is 14.1. The van der Waals surface area contributed by atoms with Crippen LogP contribution in [0.3, 0.4) is 0 Å². The monoisotopic (exact) mass is 330 g/mol. The Morgan fingerprint density at radius 2 is 2.21 bits per heavy atom. The summed E-state index contributed by atoms with van der Waals surface area (Å²) in [6.07, 6.45) is 0.789. The van der Waals surface area contributed by atoms with E-state index in [9.17, 15) is 4.79 Å². The minimum absolute atomic E-state index is 0.257. The van der Waals surface area contributed by atoms with E-state index in [0.29, 0.717) is 31.2 Å².